The van der Waals surface area contributed by atoms with E-state index in [9.17, 15) is 5.11 Å². The van der Waals surface area contributed by atoms with Crippen molar-refractivity contribution in [2.75, 3.05) is 13.2 Å². The summed E-state index contributed by atoms with van der Waals surface area (Å²) in [7, 11) is 0. The lowest BCUT2D eigenvalue weighted by Gasteiger charge is -2.40. The zero-order chi connectivity index (χ0) is 14.4. The molecule has 1 N–H and O–H groups in total. The van der Waals surface area contributed by atoms with Crippen LogP contribution in [-0.2, 0) is 6.54 Å². The monoisotopic (exact) mass is 279 g/mol. The maximum Gasteiger partial charge on any atom is 0.0586 e. The fourth-order valence-electron chi connectivity index (χ4n) is 3.27. The molecule has 114 valence electrons. The summed E-state index contributed by atoms with van der Waals surface area (Å²) in [5, 5.41) is 13.8. The molecule has 2 rings (SSSR count). The highest BCUT2D eigenvalue weighted by Crippen LogP contribution is 2.23. The molecule has 20 heavy (non-hydrogen) atoms. The Kier molecular flexibility index (Phi) is 6.05. The molecule has 1 fully saturated rings. The van der Waals surface area contributed by atoms with Crippen LogP contribution in [0.5, 0.6) is 0 Å². The highest BCUT2D eigenvalue weighted by Gasteiger charge is 2.26. The number of hydrogen-bond acceptors (Lipinski definition) is 3. The highest BCUT2D eigenvalue weighted by atomic mass is 16.3. The third-order valence-corrected chi connectivity index (χ3v) is 4.47. The van der Waals surface area contributed by atoms with Gasteiger partial charge in [0.25, 0.3) is 0 Å². The molecule has 2 atom stereocenters. The Hall–Kier alpha value is -0.870. The second-order valence-electron chi connectivity index (χ2n) is 6.20. The van der Waals surface area contributed by atoms with Gasteiger partial charge < -0.3 is 5.11 Å². The standard InChI is InChI=1S/C16H29N3O/c1-14-11-17-18(12-14)9-4-3-5-10-19-15(2)7-6-8-16(19)13-20/h11-12,15-16,20H,3-10,13H2,1-2H3. The first kappa shape index (κ1) is 15.5. The Labute approximate surface area is 122 Å². The maximum absolute atomic E-state index is 9.48. The SMILES string of the molecule is Cc1cnn(CCCCCN2C(C)CCCC2CO)c1. The molecule has 1 aromatic heterocycles. The largest absolute Gasteiger partial charge is 0.395 e. The molecule has 4 heteroatoms. The molecule has 1 saturated heterocycles. The Morgan fingerprint density at radius 3 is 2.75 bits per heavy atom. The lowest BCUT2D eigenvalue weighted by Crippen LogP contribution is -2.47. The quantitative estimate of drug-likeness (QED) is 0.780. The summed E-state index contributed by atoms with van der Waals surface area (Å²) in [6.45, 7) is 6.85. The van der Waals surface area contributed by atoms with Gasteiger partial charge in [-0.25, -0.2) is 0 Å². The summed E-state index contributed by atoms with van der Waals surface area (Å²) in [6, 6.07) is 1.03. The Bertz CT molecular complexity index is 391. The van der Waals surface area contributed by atoms with Crippen molar-refractivity contribution in [2.45, 2.75) is 71.0 Å². The minimum Gasteiger partial charge on any atom is -0.395 e. The smallest absolute Gasteiger partial charge is 0.0586 e. The van der Waals surface area contributed by atoms with Gasteiger partial charge in [-0.05, 0) is 51.6 Å². The average molecular weight is 279 g/mol. The number of rotatable bonds is 7. The molecule has 0 bridgehead atoms. The molecule has 2 unspecified atom stereocenters. The molecule has 1 aromatic rings. The van der Waals surface area contributed by atoms with Crippen LogP contribution in [0, 0.1) is 6.92 Å². The maximum atomic E-state index is 9.48. The molecule has 0 saturated carbocycles. The fraction of sp³-hybridized carbons (Fsp3) is 0.812. The first-order valence-electron chi connectivity index (χ1n) is 8.06. The predicted molar refractivity (Wildman–Crippen MR) is 81.7 cm³/mol. The van der Waals surface area contributed by atoms with Gasteiger partial charge in [-0.1, -0.05) is 12.8 Å². The molecule has 0 radical (unpaired) electrons. The molecule has 0 amide bonds. The van der Waals surface area contributed by atoms with E-state index in [1.165, 1.54) is 37.7 Å². The van der Waals surface area contributed by atoms with Gasteiger partial charge in [0.15, 0.2) is 0 Å². The second kappa shape index (κ2) is 7.79. The van der Waals surface area contributed by atoms with Crippen LogP contribution in [0.15, 0.2) is 12.4 Å². The van der Waals surface area contributed by atoms with Crippen LogP contribution in [0.4, 0.5) is 0 Å². The number of unbranched alkanes of at least 4 members (excludes halogenated alkanes) is 2. The lowest BCUT2D eigenvalue weighted by atomic mass is 9.96. The van der Waals surface area contributed by atoms with Gasteiger partial charge in [-0.3, -0.25) is 9.58 Å². The van der Waals surface area contributed by atoms with E-state index in [-0.39, 0.29) is 0 Å². The van der Waals surface area contributed by atoms with E-state index >= 15 is 0 Å². The molecule has 0 spiro atoms. The van der Waals surface area contributed by atoms with E-state index in [4.69, 9.17) is 0 Å². The van der Waals surface area contributed by atoms with Crippen molar-refractivity contribution in [1.29, 1.82) is 0 Å². The van der Waals surface area contributed by atoms with E-state index in [1.807, 2.05) is 10.9 Å². The van der Waals surface area contributed by atoms with Gasteiger partial charge in [0.1, 0.15) is 0 Å². The van der Waals surface area contributed by atoms with E-state index in [1.54, 1.807) is 0 Å². The number of piperidine rings is 1. The molecular formula is C16H29N3O. The molecule has 2 heterocycles. The number of likely N-dealkylation sites (tertiary alicyclic amines) is 1. The van der Waals surface area contributed by atoms with Crippen LogP contribution < -0.4 is 0 Å². The molecular weight excluding hydrogens is 250 g/mol. The summed E-state index contributed by atoms with van der Waals surface area (Å²) in [4.78, 5) is 2.52. The summed E-state index contributed by atoms with van der Waals surface area (Å²) < 4.78 is 2.04. The third-order valence-electron chi connectivity index (χ3n) is 4.47. The minimum absolute atomic E-state index is 0.316. The summed E-state index contributed by atoms with van der Waals surface area (Å²) >= 11 is 0. The average Bonchev–Trinajstić information content (AvgIpc) is 2.85. The minimum atomic E-state index is 0.316. The van der Waals surface area contributed by atoms with Crippen molar-refractivity contribution < 1.29 is 5.11 Å². The van der Waals surface area contributed by atoms with Gasteiger partial charge in [-0.15, -0.1) is 0 Å². The number of aromatic nitrogens is 2. The zero-order valence-corrected chi connectivity index (χ0v) is 13.0. The van der Waals surface area contributed by atoms with Crippen molar-refractivity contribution in [3.63, 3.8) is 0 Å². The van der Waals surface area contributed by atoms with Crippen molar-refractivity contribution in [3.8, 4) is 0 Å². The molecule has 4 nitrogen and oxygen atoms in total. The van der Waals surface area contributed by atoms with Gasteiger partial charge in [0.05, 0.1) is 12.8 Å². The van der Waals surface area contributed by atoms with E-state index in [0.717, 1.165) is 19.5 Å². The van der Waals surface area contributed by atoms with Gasteiger partial charge in [0, 0.05) is 24.8 Å². The summed E-state index contributed by atoms with van der Waals surface area (Å²) in [6.07, 6.45) is 11.4. The van der Waals surface area contributed by atoms with E-state index in [2.05, 4.69) is 30.0 Å². The summed E-state index contributed by atoms with van der Waals surface area (Å²) in [5.74, 6) is 0. The third kappa shape index (κ3) is 4.32. The molecule has 1 aliphatic rings. The lowest BCUT2D eigenvalue weighted by molar-refractivity contribution is 0.0503. The summed E-state index contributed by atoms with van der Waals surface area (Å²) in [5.41, 5.74) is 1.23. The van der Waals surface area contributed by atoms with Crippen LogP contribution in [0.3, 0.4) is 0 Å². The normalized spacial score (nSPS) is 24.1. The van der Waals surface area contributed by atoms with Gasteiger partial charge in [0.2, 0.25) is 0 Å². The van der Waals surface area contributed by atoms with Gasteiger partial charge >= 0.3 is 0 Å². The number of aliphatic hydroxyl groups excluding tert-OH is 1. The van der Waals surface area contributed by atoms with Crippen molar-refractivity contribution >= 4 is 0 Å². The highest BCUT2D eigenvalue weighted by molar-refractivity contribution is 4.99. The Morgan fingerprint density at radius 1 is 1.25 bits per heavy atom. The van der Waals surface area contributed by atoms with Crippen molar-refractivity contribution in [2.24, 2.45) is 0 Å². The van der Waals surface area contributed by atoms with Crippen LogP contribution in [0.1, 0.15) is 51.0 Å². The number of aryl methyl sites for hydroxylation is 2. The van der Waals surface area contributed by atoms with Crippen molar-refractivity contribution in [1.82, 2.24) is 14.7 Å². The number of nitrogens with zero attached hydrogens (tertiary/aromatic N) is 3. The van der Waals surface area contributed by atoms with Crippen LogP contribution in [0.2, 0.25) is 0 Å². The van der Waals surface area contributed by atoms with Crippen LogP contribution in [0.25, 0.3) is 0 Å². The van der Waals surface area contributed by atoms with E-state index in [0.29, 0.717) is 18.7 Å². The van der Waals surface area contributed by atoms with Crippen LogP contribution >= 0.6 is 0 Å². The second-order valence-corrected chi connectivity index (χ2v) is 6.20. The fourth-order valence-corrected chi connectivity index (χ4v) is 3.27. The predicted octanol–water partition coefficient (Wildman–Crippen LogP) is 2.60. The first-order chi connectivity index (χ1) is 9.70. The van der Waals surface area contributed by atoms with Crippen LogP contribution in [-0.4, -0.2) is 45.0 Å². The zero-order valence-electron chi connectivity index (χ0n) is 13.0. The Balaban J connectivity index is 1.64. The topological polar surface area (TPSA) is 41.3 Å². The van der Waals surface area contributed by atoms with Gasteiger partial charge in [-0.2, -0.15) is 5.10 Å². The van der Waals surface area contributed by atoms with Crippen molar-refractivity contribution in [3.05, 3.63) is 18.0 Å². The molecule has 1 aliphatic heterocycles. The number of aliphatic hydroxyl groups is 1. The Morgan fingerprint density at radius 2 is 2.05 bits per heavy atom. The molecule has 0 aromatic carbocycles. The van der Waals surface area contributed by atoms with E-state index < -0.39 is 0 Å². The first-order valence-corrected chi connectivity index (χ1v) is 8.06. The number of hydrogen-bond donors (Lipinski definition) is 1. The molecule has 0 aliphatic carbocycles.